The Labute approximate surface area is 265 Å². The van der Waals surface area contributed by atoms with Crippen LogP contribution < -0.4 is 58.5 Å². The molecule has 0 spiro atoms. The number of nitrogens with one attached hydrogen (secondary N) is 11. The van der Waals surface area contributed by atoms with Gasteiger partial charge in [0.25, 0.3) is 0 Å². The van der Waals surface area contributed by atoms with Crippen LogP contribution in [0.15, 0.2) is 0 Å². The van der Waals surface area contributed by atoms with Crippen molar-refractivity contribution in [1.29, 1.82) is 0 Å². The summed E-state index contributed by atoms with van der Waals surface area (Å²) in [6.07, 6.45) is 7.42. The van der Waals surface area contributed by atoms with Crippen molar-refractivity contribution in [3.63, 3.8) is 0 Å². The molecule has 0 unspecified atom stereocenters. The first-order valence-electron chi connectivity index (χ1n) is 17.9. The summed E-state index contributed by atoms with van der Waals surface area (Å²) in [7, 11) is 2.20. The zero-order chi connectivity index (χ0) is 30.6. The summed E-state index contributed by atoms with van der Waals surface area (Å²) in [5.41, 5.74) is 0. The van der Waals surface area contributed by atoms with Gasteiger partial charge in [-0.3, -0.25) is 0 Å². The van der Waals surface area contributed by atoms with E-state index >= 15 is 0 Å². The van der Waals surface area contributed by atoms with Gasteiger partial charge in [0.05, 0.1) is 0 Å². The van der Waals surface area contributed by atoms with Crippen molar-refractivity contribution in [2.24, 2.45) is 0 Å². The molecule has 3 rings (SSSR count). The van der Waals surface area contributed by atoms with Crippen molar-refractivity contribution in [1.82, 2.24) is 63.4 Å². The van der Waals surface area contributed by atoms with Crippen molar-refractivity contribution in [2.75, 3.05) is 164 Å². The molecule has 12 nitrogen and oxygen atoms in total. The molecule has 3 aliphatic heterocycles. The second kappa shape index (κ2) is 36.0. The minimum atomic E-state index is 1.07. The van der Waals surface area contributed by atoms with Gasteiger partial charge in [-0.15, -0.1) is 0 Å². The van der Waals surface area contributed by atoms with Gasteiger partial charge < -0.3 is 63.4 Å². The molecule has 0 amide bonds. The fraction of sp³-hybridized carbons (Fsp3) is 1.00. The van der Waals surface area contributed by atoms with E-state index < -0.39 is 0 Å². The molecule has 11 N–H and O–H groups in total. The van der Waals surface area contributed by atoms with E-state index in [9.17, 15) is 0 Å². The van der Waals surface area contributed by atoms with Crippen molar-refractivity contribution >= 4 is 0 Å². The predicted molar refractivity (Wildman–Crippen MR) is 187 cm³/mol. The average molecular weight is 615 g/mol. The highest BCUT2D eigenvalue weighted by Crippen LogP contribution is 1.86. The highest BCUT2D eigenvalue weighted by Gasteiger charge is 1.99. The number of hydrogen-bond acceptors (Lipinski definition) is 12. The lowest BCUT2D eigenvalue weighted by Gasteiger charge is -2.17. The molecule has 258 valence electrons. The largest absolute Gasteiger partial charge is 0.317 e. The van der Waals surface area contributed by atoms with Gasteiger partial charge in [0.15, 0.2) is 0 Å². The Morgan fingerprint density at radius 2 is 0.442 bits per heavy atom. The predicted octanol–water partition coefficient (Wildman–Crippen LogP) is -2.24. The molecular formula is C31H74N12. The summed E-state index contributed by atoms with van der Waals surface area (Å²) in [6.45, 7) is 26.8. The van der Waals surface area contributed by atoms with Gasteiger partial charge in [0.1, 0.15) is 0 Å². The van der Waals surface area contributed by atoms with Crippen LogP contribution in [0.5, 0.6) is 0 Å². The van der Waals surface area contributed by atoms with E-state index in [1.165, 1.54) is 45.1 Å². The maximum absolute atomic E-state index is 3.47. The van der Waals surface area contributed by atoms with Crippen LogP contribution in [0.25, 0.3) is 0 Å². The quantitative estimate of drug-likeness (QED) is 0.144. The standard InChI is InChI=1S/C12H28N4.C11H26N4.C8H20N4/c1-5-13-7-2-9-15-11-4-12-16-10-3-8-14-6-1;1-15-10-3-6-13-8-7-12-4-2-5-14-9-11-15;1-2-10-5-6-12-8-7-11-4-3-9-1/h13-16H,1-12H2;12-14H,2-11H2,1H3;9-12H,1-8H2. The van der Waals surface area contributed by atoms with Crippen LogP contribution in [-0.4, -0.2) is 169 Å². The molecule has 0 aliphatic carbocycles. The molecule has 0 aromatic carbocycles. The van der Waals surface area contributed by atoms with E-state index in [1.54, 1.807) is 0 Å². The fourth-order valence-corrected chi connectivity index (χ4v) is 4.81. The van der Waals surface area contributed by atoms with E-state index in [-0.39, 0.29) is 0 Å². The van der Waals surface area contributed by atoms with Crippen LogP contribution in [0.4, 0.5) is 0 Å². The van der Waals surface area contributed by atoms with Gasteiger partial charge in [-0.05, 0) is 124 Å². The molecule has 0 aromatic rings. The second-order valence-corrected chi connectivity index (χ2v) is 11.7. The molecule has 0 aromatic heterocycles. The number of hydrogen-bond donors (Lipinski definition) is 11. The van der Waals surface area contributed by atoms with E-state index in [4.69, 9.17) is 0 Å². The Kier molecular flexibility index (Phi) is 33.9. The van der Waals surface area contributed by atoms with Gasteiger partial charge in [0, 0.05) is 78.5 Å². The van der Waals surface area contributed by atoms with Crippen molar-refractivity contribution in [3.05, 3.63) is 0 Å². The first-order valence-corrected chi connectivity index (χ1v) is 17.9. The van der Waals surface area contributed by atoms with Gasteiger partial charge in [-0.25, -0.2) is 0 Å². The van der Waals surface area contributed by atoms with Gasteiger partial charge in [0.2, 0.25) is 0 Å². The zero-order valence-electron chi connectivity index (χ0n) is 28.2. The summed E-state index contributed by atoms with van der Waals surface area (Å²) in [5.74, 6) is 0. The first kappa shape index (κ1) is 40.5. The van der Waals surface area contributed by atoms with Crippen LogP contribution in [0.1, 0.15) is 38.5 Å². The van der Waals surface area contributed by atoms with Gasteiger partial charge >= 0.3 is 0 Å². The smallest absolute Gasteiger partial charge is 0.0104 e. The van der Waals surface area contributed by atoms with Crippen molar-refractivity contribution < 1.29 is 0 Å². The van der Waals surface area contributed by atoms with E-state index in [0.29, 0.717) is 0 Å². The number of likely N-dealkylation sites (N-methyl/N-ethyl adjacent to an activating group) is 1. The van der Waals surface area contributed by atoms with Crippen LogP contribution in [0.2, 0.25) is 0 Å². The van der Waals surface area contributed by atoms with Crippen molar-refractivity contribution in [3.8, 4) is 0 Å². The minimum absolute atomic E-state index is 1.07. The maximum atomic E-state index is 3.47. The lowest BCUT2D eigenvalue weighted by molar-refractivity contribution is 0.323. The fourth-order valence-electron chi connectivity index (χ4n) is 4.81. The third-order valence-corrected chi connectivity index (χ3v) is 7.49. The number of rotatable bonds is 0. The molecule has 0 saturated carbocycles. The molecule has 0 radical (unpaired) electrons. The molecular weight excluding hydrogens is 540 g/mol. The summed E-state index contributed by atoms with van der Waals surface area (Å²) in [6, 6.07) is 0. The van der Waals surface area contributed by atoms with Crippen LogP contribution in [-0.2, 0) is 0 Å². The molecule has 3 heterocycles. The van der Waals surface area contributed by atoms with E-state index in [2.05, 4.69) is 70.4 Å². The molecule has 12 heteroatoms. The minimum Gasteiger partial charge on any atom is -0.317 e. The molecule has 3 aliphatic rings. The third-order valence-electron chi connectivity index (χ3n) is 7.49. The number of nitrogens with zero attached hydrogens (tertiary/aromatic N) is 1. The monoisotopic (exact) mass is 615 g/mol. The Morgan fingerprint density at radius 3 is 0.744 bits per heavy atom. The lowest BCUT2D eigenvalue weighted by Crippen LogP contribution is -2.39. The lowest BCUT2D eigenvalue weighted by atomic mass is 10.3. The van der Waals surface area contributed by atoms with Crippen LogP contribution >= 0.6 is 0 Å². The Balaban J connectivity index is 0.000000326. The normalized spacial score (nSPS) is 24.2. The summed E-state index contributed by atoms with van der Waals surface area (Å²) in [4.78, 5) is 2.40. The zero-order valence-corrected chi connectivity index (χ0v) is 28.2. The highest BCUT2D eigenvalue weighted by atomic mass is 15.1. The van der Waals surface area contributed by atoms with E-state index in [1.807, 2.05) is 0 Å². The van der Waals surface area contributed by atoms with E-state index in [0.717, 1.165) is 151 Å². The summed E-state index contributed by atoms with van der Waals surface area (Å²) < 4.78 is 0. The van der Waals surface area contributed by atoms with Crippen LogP contribution in [0.3, 0.4) is 0 Å². The van der Waals surface area contributed by atoms with Crippen LogP contribution in [0, 0.1) is 0 Å². The SMILES string of the molecule is C1CNCCCNCCCNCCCNC1.C1CNCCNCCNCCN1.CN1CCCNCCNCCCNCC1. The Bertz CT molecular complexity index is 396. The molecule has 3 saturated heterocycles. The molecule has 43 heavy (non-hydrogen) atoms. The first-order chi connectivity index (χ1) is 21.4. The second-order valence-electron chi connectivity index (χ2n) is 11.7. The molecule has 0 atom stereocenters. The van der Waals surface area contributed by atoms with Gasteiger partial charge in [-0.1, -0.05) is 0 Å². The van der Waals surface area contributed by atoms with Crippen molar-refractivity contribution in [2.45, 2.75) is 38.5 Å². The third kappa shape index (κ3) is 34.2. The Hall–Kier alpha value is -0.480. The molecule has 0 bridgehead atoms. The highest BCUT2D eigenvalue weighted by molar-refractivity contribution is 4.62. The Morgan fingerprint density at radius 1 is 0.233 bits per heavy atom. The topological polar surface area (TPSA) is 136 Å². The summed E-state index contributed by atoms with van der Waals surface area (Å²) >= 11 is 0. The summed E-state index contributed by atoms with van der Waals surface area (Å²) in [5, 5.41) is 37.7. The molecule has 3 fully saturated rings. The van der Waals surface area contributed by atoms with Gasteiger partial charge in [-0.2, -0.15) is 0 Å². The average Bonchev–Trinajstić information content (AvgIpc) is 3.00. The maximum Gasteiger partial charge on any atom is 0.0104 e.